The number of aromatic nitrogens is 2. The van der Waals surface area contributed by atoms with Crippen molar-refractivity contribution < 1.29 is 24.2 Å². The van der Waals surface area contributed by atoms with Gasteiger partial charge in [0.1, 0.15) is 17.2 Å². The van der Waals surface area contributed by atoms with Crippen LogP contribution in [-0.4, -0.2) is 47.1 Å². The highest BCUT2D eigenvalue weighted by atomic mass is 16.5. The molecule has 9 heteroatoms. The predicted molar refractivity (Wildman–Crippen MR) is 105 cm³/mol. The van der Waals surface area contributed by atoms with Crippen molar-refractivity contribution in [1.82, 2.24) is 15.6 Å². The van der Waals surface area contributed by atoms with Crippen molar-refractivity contribution in [3.05, 3.63) is 65.9 Å². The summed E-state index contributed by atoms with van der Waals surface area (Å²) < 4.78 is 10.3. The third-order valence-electron chi connectivity index (χ3n) is 3.85. The molecule has 3 rings (SSSR count). The topological polar surface area (TPSA) is 126 Å². The van der Waals surface area contributed by atoms with Crippen molar-refractivity contribution in [2.75, 3.05) is 13.7 Å². The van der Waals surface area contributed by atoms with E-state index in [1.165, 1.54) is 6.21 Å². The molecule has 3 N–H and O–H groups in total. The van der Waals surface area contributed by atoms with Crippen LogP contribution in [-0.2, 0) is 4.79 Å². The summed E-state index contributed by atoms with van der Waals surface area (Å²) in [7, 11) is 1.59. The van der Waals surface area contributed by atoms with Gasteiger partial charge in [-0.2, -0.15) is 10.2 Å². The first-order valence-electron chi connectivity index (χ1n) is 8.53. The molecule has 1 amide bonds. The molecule has 0 atom stereocenters. The van der Waals surface area contributed by atoms with Gasteiger partial charge in [0, 0.05) is 11.1 Å². The number of carboxylic acids is 1. The van der Waals surface area contributed by atoms with E-state index in [-0.39, 0.29) is 5.69 Å². The Morgan fingerprint density at radius 2 is 1.97 bits per heavy atom. The number of hydrogen-bond donors (Lipinski definition) is 3. The molecule has 0 fully saturated rings. The fourth-order valence-corrected chi connectivity index (χ4v) is 2.43. The summed E-state index contributed by atoms with van der Waals surface area (Å²) >= 11 is 0. The van der Waals surface area contributed by atoms with E-state index in [0.29, 0.717) is 17.0 Å². The maximum Gasteiger partial charge on any atom is 0.341 e. The van der Waals surface area contributed by atoms with Gasteiger partial charge < -0.3 is 14.6 Å². The van der Waals surface area contributed by atoms with E-state index in [0.717, 1.165) is 11.3 Å². The zero-order chi connectivity index (χ0) is 20.6. The normalized spacial score (nSPS) is 10.7. The molecule has 0 saturated heterocycles. The first-order valence-corrected chi connectivity index (χ1v) is 8.53. The molecule has 0 aliphatic rings. The van der Waals surface area contributed by atoms with Gasteiger partial charge in [0.2, 0.25) is 0 Å². The van der Waals surface area contributed by atoms with Crippen LogP contribution in [0.2, 0.25) is 0 Å². The fraction of sp³-hybridized carbons (Fsp3) is 0.100. The molecule has 0 bridgehead atoms. The Bertz CT molecular complexity index is 1030. The Labute approximate surface area is 166 Å². The van der Waals surface area contributed by atoms with E-state index in [1.54, 1.807) is 49.6 Å². The summed E-state index contributed by atoms with van der Waals surface area (Å²) in [6.07, 6.45) is 1.37. The van der Waals surface area contributed by atoms with Gasteiger partial charge in [0.05, 0.1) is 19.0 Å². The second-order valence-electron chi connectivity index (χ2n) is 5.81. The number of H-pyrrole nitrogens is 1. The van der Waals surface area contributed by atoms with Crippen LogP contribution >= 0.6 is 0 Å². The zero-order valence-electron chi connectivity index (χ0n) is 15.5. The zero-order valence-corrected chi connectivity index (χ0v) is 15.5. The lowest BCUT2D eigenvalue weighted by Gasteiger charge is -2.06. The van der Waals surface area contributed by atoms with Crippen molar-refractivity contribution in [2.45, 2.75) is 0 Å². The molecule has 3 aromatic rings. The van der Waals surface area contributed by atoms with Crippen LogP contribution < -0.4 is 14.9 Å². The van der Waals surface area contributed by atoms with E-state index < -0.39 is 18.5 Å². The largest absolute Gasteiger partial charge is 0.497 e. The summed E-state index contributed by atoms with van der Waals surface area (Å²) in [6.45, 7) is -0.473. The molecule has 1 aromatic heterocycles. The molecule has 2 aromatic carbocycles. The maximum absolute atomic E-state index is 12.3. The Kier molecular flexibility index (Phi) is 6.21. The number of hydrogen-bond acceptors (Lipinski definition) is 6. The van der Waals surface area contributed by atoms with Crippen LogP contribution in [0, 0.1) is 0 Å². The van der Waals surface area contributed by atoms with Gasteiger partial charge in [-0.05, 0) is 42.5 Å². The monoisotopic (exact) mass is 394 g/mol. The lowest BCUT2D eigenvalue weighted by Crippen LogP contribution is -2.18. The van der Waals surface area contributed by atoms with Gasteiger partial charge in [-0.15, -0.1) is 0 Å². The molecule has 0 radical (unpaired) electrons. The minimum absolute atomic E-state index is 0.239. The number of methoxy groups -OCH3 is 1. The molecule has 1 heterocycles. The second-order valence-corrected chi connectivity index (χ2v) is 5.81. The van der Waals surface area contributed by atoms with Crippen LogP contribution in [0.3, 0.4) is 0 Å². The average molecular weight is 394 g/mol. The quantitative estimate of drug-likeness (QED) is 0.398. The molecule has 0 spiro atoms. The van der Waals surface area contributed by atoms with Gasteiger partial charge in [-0.3, -0.25) is 9.89 Å². The van der Waals surface area contributed by atoms with Crippen LogP contribution in [0.1, 0.15) is 16.1 Å². The third-order valence-corrected chi connectivity index (χ3v) is 3.85. The van der Waals surface area contributed by atoms with Gasteiger partial charge in [-0.25, -0.2) is 10.2 Å². The number of aliphatic carboxylic acids is 1. The summed E-state index contributed by atoms with van der Waals surface area (Å²) in [4.78, 5) is 22.9. The Morgan fingerprint density at radius 1 is 1.21 bits per heavy atom. The minimum Gasteiger partial charge on any atom is -0.497 e. The van der Waals surface area contributed by atoms with Crippen LogP contribution in [0.5, 0.6) is 11.5 Å². The first-order chi connectivity index (χ1) is 14.1. The minimum atomic E-state index is -1.09. The van der Waals surface area contributed by atoms with Crippen molar-refractivity contribution in [3.8, 4) is 22.8 Å². The van der Waals surface area contributed by atoms with Crippen molar-refractivity contribution >= 4 is 18.1 Å². The standard InChI is InChI=1S/C20H18N4O5/c1-28-15-8-6-13(7-9-15)16-10-17(23-22-16)20(27)24-21-11-14-4-2-3-5-18(14)29-12-19(25)26/h2-11H,12H2,1H3,(H,22,23)(H,24,27)(H,25,26). The highest BCUT2D eigenvalue weighted by Crippen LogP contribution is 2.21. The molecular weight excluding hydrogens is 376 g/mol. The van der Waals surface area contributed by atoms with E-state index >= 15 is 0 Å². The number of aromatic amines is 1. The maximum atomic E-state index is 12.3. The van der Waals surface area contributed by atoms with Crippen molar-refractivity contribution in [3.63, 3.8) is 0 Å². The number of carboxylic acid groups (broad SMARTS) is 1. The average Bonchev–Trinajstić information content (AvgIpc) is 3.23. The molecule has 148 valence electrons. The Balaban J connectivity index is 1.64. The number of nitrogens with zero attached hydrogens (tertiary/aromatic N) is 2. The summed E-state index contributed by atoms with van der Waals surface area (Å²) in [6, 6.07) is 15.6. The molecule has 0 unspecified atom stereocenters. The van der Waals surface area contributed by atoms with Gasteiger partial charge >= 0.3 is 5.97 Å². The van der Waals surface area contributed by atoms with Crippen LogP contribution in [0.25, 0.3) is 11.3 Å². The number of ether oxygens (including phenoxy) is 2. The second kappa shape index (κ2) is 9.18. The number of para-hydroxylation sites is 1. The number of rotatable bonds is 8. The Hall–Kier alpha value is -4.14. The van der Waals surface area contributed by atoms with Gasteiger partial charge in [-0.1, -0.05) is 12.1 Å². The highest BCUT2D eigenvalue weighted by molar-refractivity contribution is 5.94. The number of amides is 1. The smallest absolute Gasteiger partial charge is 0.341 e. The van der Waals surface area contributed by atoms with Crippen LogP contribution in [0.15, 0.2) is 59.7 Å². The molecule has 9 nitrogen and oxygen atoms in total. The summed E-state index contributed by atoms with van der Waals surface area (Å²) in [5.74, 6) is -0.491. The van der Waals surface area contributed by atoms with E-state index in [4.69, 9.17) is 14.6 Å². The van der Waals surface area contributed by atoms with Gasteiger partial charge in [0.15, 0.2) is 6.61 Å². The number of carbonyl (C=O) groups is 2. The summed E-state index contributed by atoms with van der Waals surface area (Å²) in [5.41, 5.74) is 4.59. The SMILES string of the molecule is COc1ccc(-c2cc(C(=O)NN=Cc3ccccc3OCC(=O)O)[nH]n2)cc1. The predicted octanol–water partition coefficient (Wildman–Crippen LogP) is 2.31. The molecule has 0 saturated carbocycles. The lowest BCUT2D eigenvalue weighted by molar-refractivity contribution is -0.139. The Morgan fingerprint density at radius 3 is 2.69 bits per heavy atom. The highest BCUT2D eigenvalue weighted by Gasteiger charge is 2.11. The van der Waals surface area contributed by atoms with E-state index in [1.807, 2.05) is 12.1 Å². The van der Waals surface area contributed by atoms with Crippen LogP contribution in [0.4, 0.5) is 0 Å². The van der Waals surface area contributed by atoms with Crippen molar-refractivity contribution in [2.24, 2.45) is 5.10 Å². The lowest BCUT2D eigenvalue weighted by atomic mass is 10.1. The number of carbonyl (C=O) groups excluding carboxylic acids is 1. The molecule has 0 aliphatic heterocycles. The van der Waals surface area contributed by atoms with Crippen molar-refractivity contribution in [1.29, 1.82) is 0 Å². The van der Waals surface area contributed by atoms with Gasteiger partial charge in [0.25, 0.3) is 5.91 Å². The molecular formula is C20H18N4O5. The molecule has 0 aliphatic carbocycles. The number of nitrogens with one attached hydrogen (secondary N) is 2. The van der Waals surface area contributed by atoms with E-state index in [9.17, 15) is 9.59 Å². The fourth-order valence-electron chi connectivity index (χ4n) is 2.43. The molecule has 29 heavy (non-hydrogen) atoms. The summed E-state index contributed by atoms with van der Waals surface area (Å²) in [5, 5.41) is 19.4. The van der Waals surface area contributed by atoms with E-state index in [2.05, 4.69) is 20.7 Å². The third kappa shape index (κ3) is 5.19. The number of hydrazone groups is 1. The number of benzene rings is 2. The first kappa shape index (κ1) is 19.6.